The molecule has 6 nitrogen and oxygen atoms in total. The molecule has 26 heavy (non-hydrogen) atoms. The minimum atomic E-state index is -0.524. The normalized spacial score (nSPS) is 16.7. The van der Waals surface area contributed by atoms with Crippen LogP contribution in [0.4, 0.5) is 10.2 Å². The Hall–Kier alpha value is -3.48. The first-order valence-corrected chi connectivity index (χ1v) is 8.20. The van der Waals surface area contributed by atoms with Gasteiger partial charge >= 0.3 is 0 Å². The van der Waals surface area contributed by atoms with Crippen molar-refractivity contribution < 1.29 is 9.18 Å². The molecule has 3 heterocycles. The number of rotatable bonds is 1. The number of nitrogens with one attached hydrogen (secondary N) is 2. The van der Waals surface area contributed by atoms with Crippen LogP contribution in [0.25, 0.3) is 16.8 Å². The van der Waals surface area contributed by atoms with E-state index in [1.807, 2.05) is 24.3 Å². The van der Waals surface area contributed by atoms with Gasteiger partial charge in [-0.3, -0.25) is 19.0 Å². The quantitative estimate of drug-likeness (QED) is 0.555. The van der Waals surface area contributed by atoms with Gasteiger partial charge in [0, 0.05) is 12.3 Å². The zero-order chi connectivity index (χ0) is 17.8. The van der Waals surface area contributed by atoms with E-state index in [4.69, 9.17) is 0 Å². The first-order valence-electron chi connectivity index (χ1n) is 8.20. The molecule has 2 aromatic heterocycles. The van der Waals surface area contributed by atoms with Gasteiger partial charge in [-0.1, -0.05) is 24.3 Å². The van der Waals surface area contributed by atoms with Crippen molar-refractivity contribution in [1.82, 2.24) is 14.4 Å². The van der Waals surface area contributed by atoms with Crippen molar-refractivity contribution >= 4 is 28.5 Å². The number of halogens is 1. The molecule has 0 unspecified atom stereocenters. The van der Waals surface area contributed by atoms with E-state index in [9.17, 15) is 14.0 Å². The average Bonchev–Trinajstić information content (AvgIpc) is 2.99. The lowest BCUT2D eigenvalue weighted by molar-refractivity contribution is -0.116. The van der Waals surface area contributed by atoms with E-state index in [-0.39, 0.29) is 17.9 Å². The van der Waals surface area contributed by atoms with Crippen LogP contribution in [0.3, 0.4) is 0 Å². The Morgan fingerprint density at radius 2 is 1.96 bits per heavy atom. The number of imidazole rings is 1. The molecule has 1 aliphatic heterocycles. The molecule has 0 saturated carbocycles. The molecule has 0 radical (unpaired) electrons. The predicted molar refractivity (Wildman–Crippen MR) is 94.8 cm³/mol. The number of anilines is 1. The highest BCUT2D eigenvalue weighted by Gasteiger charge is 2.32. The number of aromatic nitrogens is 3. The number of nitrogens with zero attached hydrogens (tertiary/aromatic N) is 2. The van der Waals surface area contributed by atoms with Gasteiger partial charge in [0.15, 0.2) is 0 Å². The minimum Gasteiger partial charge on any atom is -0.311 e. The van der Waals surface area contributed by atoms with Crippen LogP contribution in [0.2, 0.25) is 0 Å². The predicted octanol–water partition coefficient (Wildman–Crippen LogP) is 2.79. The molecule has 7 heteroatoms. The van der Waals surface area contributed by atoms with E-state index in [1.54, 1.807) is 16.5 Å². The molecule has 1 atom stereocenters. The molecule has 2 N–H and O–H groups in total. The second kappa shape index (κ2) is 5.26. The summed E-state index contributed by atoms with van der Waals surface area (Å²) >= 11 is 0. The van der Waals surface area contributed by atoms with E-state index in [2.05, 4.69) is 15.3 Å². The first kappa shape index (κ1) is 14.8. The third-order valence-corrected chi connectivity index (χ3v) is 4.76. The molecule has 1 aliphatic rings. The summed E-state index contributed by atoms with van der Waals surface area (Å²) in [5, 5.41) is 2.81. The second-order valence-corrected chi connectivity index (χ2v) is 6.34. The van der Waals surface area contributed by atoms with Crippen LogP contribution in [0.5, 0.6) is 0 Å². The van der Waals surface area contributed by atoms with E-state index in [0.29, 0.717) is 28.2 Å². The van der Waals surface area contributed by atoms with Gasteiger partial charge in [-0.05, 0) is 29.8 Å². The summed E-state index contributed by atoms with van der Waals surface area (Å²) in [7, 11) is 0. The lowest BCUT2D eigenvalue weighted by Crippen LogP contribution is -2.32. The molecule has 0 bridgehead atoms. The van der Waals surface area contributed by atoms with E-state index in [1.165, 1.54) is 12.1 Å². The maximum atomic E-state index is 13.7. The van der Waals surface area contributed by atoms with Crippen LogP contribution in [-0.2, 0) is 4.79 Å². The summed E-state index contributed by atoms with van der Waals surface area (Å²) < 4.78 is 15.4. The third-order valence-electron chi connectivity index (χ3n) is 4.76. The number of aromatic amines is 1. The Kier molecular flexibility index (Phi) is 3.00. The van der Waals surface area contributed by atoms with Crippen LogP contribution < -0.4 is 10.9 Å². The van der Waals surface area contributed by atoms with Gasteiger partial charge in [0.2, 0.25) is 11.7 Å². The van der Waals surface area contributed by atoms with Gasteiger partial charge in [0.1, 0.15) is 11.6 Å². The van der Waals surface area contributed by atoms with Gasteiger partial charge in [0.25, 0.3) is 5.56 Å². The van der Waals surface area contributed by atoms with Crippen LogP contribution in [0, 0.1) is 5.82 Å². The fourth-order valence-electron chi connectivity index (χ4n) is 3.66. The van der Waals surface area contributed by atoms with Gasteiger partial charge in [-0.2, -0.15) is 0 Å². The third kappa shape index (κ3) is 2.07. The van der Waals surface area contributed by atoms with Gasteiger partial charge in [-0.25, -0.2) is 9.37 Å². The molecule has 1 amide bonds. The highest BCUT2D eigenvalue weighted by molar-refractivity contribution is 5.96. The van der Waals surface area contributed by atoms with Crippen LogP contribution in [-0.4, -0.2) is 20.3 Å². The Labute approximate surface area is 146 Å². The number of carbonyl (C=O) groups is 1. The van der Waals surface area contributed by atoms with Gasteiger partial charge < -0.3 is 5.32 Å². The van der Waals surface area contributed by atoms with Crippen LogP contribution >= 0.6 is 0 Å². The first-order chi connectivity index (χ1) is 12.6. The number of carbonyl (C=O) groups excluding carboxylic acids is 1. The van der Waals surface area contributed by atoms with Crippen molar-refractivity contribution in [2.45, 2.75) is 12.3 Å². The molecule has 4 aromatic rings. The summed E-state index contributed by atoms with van der Waals surface area (Å²) in [6.07, 6.45) is 0.0810. The Bertz CT molecular complexity index is 1260. The van der Waals surface area contributed by atoms with E-state index in [0.717, 1.165) is 5.52 Å². The molecular weight excluding hydrogens is 335 g/mol. The van der Waals surface area contributed by atoms with Crippen molar-refractivity contribution in [1.29, 1.82) is 0 Å². The van der Waals surface area contributed by atoms with E-state index < -0.39 is 11.7 Å². The molecule has 0 fully saturated rings. The van der Waals surface area contributed by atoms with Gasteiger partial charge in [0.05, 0.1) is 16.6 Å². The van der Waals surface area contributed by atoms with E-state index >= 15 is 0 Å². The number of benzene rings is 2. The molecule has 0 saturated heterocycles. The number of H-pyrrole nitrogens is 1. The smallest absolute Gasteiger partial charge is 0.258 e. The number of hydrogen-bond acceptors (Lipinski definition) is 3. The molecule has 128 valence electrons. The monoisotopic (exact) mass is 348 g/mol. The summed E-state index contributed by atoms with van der Waals surface area (Å²) in [6, 6.07) is 13.4. The number of para-hydroxylation sites is 2. The molecular formula is C19H13FN4O2. The fourth-order valence-corrected chi connectivity index (χ4v) is 3.66. The van der Waals surface area contributed by atoms with Crippen molar-refractivity contribution in [3.63, 3.8) is 0 Å². The molecule has 0 spiro atoms. The highest BCUT2D eigenvalue weighted by Crippen LogP contribution is 2.36. The number of hydrogen-bond donors (Lipinski definition) is 2. The average molecular weight is 348 g/mol. The summed E-state index contributed by atoms with van der Waals surface area (Å²) in [6.45, 7) is 0. The fraction of sp³-hybridized carbons (Fsp3) is 0.105. The van der Waals surface area contributed by atoms with Crippen molar-refractivity contribution in [2.24, 2.45) is 0 Å². The lowest BCUT2D eigenvalue weighted by atomic mass is 9.87. The van der Waals surface area contributed by atoms with Crippen molar-refractivity contribution in [2.75, 3.05) is 5.32 Å². The minimum absolute atomic E-state index is 0.0810. The zero-order valence-corrected chi connectivity index (χ0v) is 13.5. The van der Waals surface area contributed by atoms with Gasteiger partial charge in [-0.15, -0.1) is 0 Å². The Balaban J connectivity index is 1.87. The maximum absolute atomic E-state index is 13.7. The van der Waals surface area contributed by atoms with Crippen LogP contribution in [0.1, 0.15) is 23.5 Å². The van der Waals surface area contributed by atoms with Crippen molar-refractivity contribution in [3.8, 4) is 0 Å². The Morgan fingerprint density at radius 3 is 2.81 bits per heavy atom. The number of fused-ring (bicyclic) bond motifs is 5. The summed E-state index contributed by atoms with van der Waals surface area (Å²) in [4.78, 5) is 32.3. The van der Waals surface area contributed by atoms with Crippen LogP contribution in [0.15, 0.2) is 53.3 Å². The zero-order valence-electron chi connectivity index (χ0n) is 13.5. The second-order valence-electron chi connectivity index (χ2n) is 6.34. The maximum Gasteiger partial charge on any atom is 0.258 e. The molecule has 5 rings (SSSR count). The molecule has 2 aromatic carbocycles. The van der Waals surface area contributed by atoms with Crippen molar-refractivity contribution in [3.05, 3.63) is 75.8 Å². The highest BCUT2D eigenvalue weighted by atomic mass is 19.1. The molecule has 0 aliphatic carbocycles. The Morgan fingerprint density at radius 1 is 1.12 bits per heavy atom. The standard InChI is InChI=1S/C19H13FN4O2/c20-11-5-3-4-10(8-11)12-9-15(25)22-17-16(12)18(26)23-19-21-13-6-1-2-7-14(13)24(17)19/h1-8,12H,9H2,(H,22,25)(H,21,23,26)/t12-/m0/s1. The summed E-state index contributed by atoms with van der Waals surface area (Å²) in [5.74, 6) is -0.404. The number of amides is 1. The largest absolute Gasteiger partial charge is 0.311 e. The topological polar surface area (TPSA) is 79.3 Å². The lowest BCUT2D eigenvalue weighted by Gasteiger charge is -2.25. The summed E-state index contributed by atoms with van der Waals surface area (Å²) in [5.41, 5.74) is 2.15. The SMILES string of the molecule is O=C1C[C@@H](c2cccc(F)c2)c2c(n3c(nc4ccccc43)[nH]c2=O)N1.